The summed E-state index contributed by atoms with van der Waals surface area (Å²) in [7, 11) is 1.29. The van der Waals surface area contributed by atoms with Crippen molar-refractivity contribution in [3.8, 4) is 0 Å². The van der Waals surface area contributed by atoms with Crippen LogP contribution in [-0.4, -0.2) is 66.8 Å². The number of rotatable bonds is 5. The van der Waals surface area contributed by atoms with Crippen molar-refractivity contribution < 1.29 is 24.2 Å². The summed E-state index contributed by atoms with van der Waals surface area (Å²) in [6, 6.07) is 3.24. The molecule has 124 valence electrons. The molecule has 1 aromatic heterocycles. The predicted molar refractivity (Wildman–Crippen MR) is 80.3 cm³/mol. The number of aromatic nitrogens is 1. The quantitative estimate of drug-likeness (QED) is 0.575. The summed E-state index contributed by atoms with van der Waals surface area (Å²) in [6.07, 6.45) is -0.393. The summed E-state index contributed by atoms with van der Waals surface area (Å²) < 4.78 is 4.77. The molecular weight excluding hydrogens is 304 g/mol. The van der Waals surface area contributed by atoms with Gasteiger partial charge in [0, 0.05) is 26.2 Å². The molecule has 1 aliphatic rings. The molecule has 2 rings (SSSR count). The Kier molecular flexibility index (Phi) is 5.34. The van der Waals surface area contributed by atoms with E-state index in [2.05, 4.69) is 10.3 Å². The predicted octanol–water partition coefficient (Wildman–Crippen LogP) is -0.0858. The van der Waals surface area contributed by atoms with Crippen LogP contribution in [0.15, 0.2) is 12.1 Å². The van der Waals surface area contributed by atoms with E-state index in [4.69, 9.17) is 9.84 Å². The molecule has 2 N–H and O–H groups in total. The molecule has 1 saturated heterocycles. The highest BCUT2D eigenvalue weighted by molar-refractivity contribution is 5.94. The van der Waals surface area contributed by atoms with Gasteiger partial charge in [0.15, 0.2) is 0 Å². The molecule has 2 amide bonds. The highest BCUT2D eigenvalue weighted by Crippen LogP contribution is 2.21. The Morgan fingerprint density at radius 2 is 2.04 bits per heavy atom. The third kappa shape index (κ3) is 3.87. The molecule has 0 spiro atoms. The Bertz CT molecular complexity index is 599. The van der Waals surface area contributed by atoms with Crippen LogP contribution in [0.1, 0.15) is 16.1 Å². The van der Waals surface area contributed by atoms with E-state index in [1.807, 2.05) is 4.90 Å². The van der Waals surface area contributed by atoms with Crippen LogP contribution in [-0.2, 0) is 16.1 Å². The van der Waals surface area contributed by atoms with Crippen LogP contribution in [0.2, 0.25) is 0 Å². The molecule has 1 aliphatic heterocycles. The highest BCUT2D eigenvalue weighted by Gasteiger charge is 2.25. The van der Waals surface area contributed by atoms with Gasteiger partial charge < -0.3 is 25.0 Å². The third-order valence-electron chi connectivity index (χ3n) is 3.55. The molecule has 1 fully saturated rings. The minimum Gasteiger partial charge on any atom is -0.465 e. The summed E-state index contributed by atoms with van der Waals surface area (Å²) in [4.78, 5) is 40.8. The van der Waals surface area contributed by atoms with E-state index in [0.717, 1.165) is 0 Å². The second-order valence-electron chi connectivity index (χ2n) is 4.92. The molecule has 0 aliphatic carbocycles. The number of nitrogens with one attached hydrogen (secondary N) is 1. The summed E-state index contributed by atoms with van der Waals surface area (Å²) >= 11 is 0. The number of hydrogen-bond donors (Lipinski definition) is 2. The smallest absolute Gasteiger partial charge is 0.407 e. The van der Waals surface area contributed by atoms with Crippen molar-refractivity contribution in [2.75, 3.05) is 38.2 Å². The second-order valence-corrected chi connectivity index (χ2v) is 4.92. The normalized spacial score (nSPS) is 14.3. The summed E-state index contributed by atoms with van der Waals surface area (Å²) in [5, 5.41) is 11.5. The van der Waals surface area contributed by atoms with Crippen LogP contribution in [0.25, 0.3) is 0 Å². The Balaban J connectivity index is 2.24. The first kappa shape index (κ1) is 16.5. The standard InChI is InChI=1S/C14H18N4O5/c1-23-13(20)11-3-2-10(8-15-9-19)16-12(11)17-4-6-18(7-5-17)14(21)22/h2-3,9H,4-8H2,1H3,(H,15,19)(H,21,22). The number of esters is 1. The van der Waals surface area contributed by atoms with Crippen LogP contribution in [0.4, 0.5) is 10.6 Å². The number of carbonyl (C=O) groups excluding carboxylic acids is 2. The fraction of sp³-hybridized carbons (Fsp3) is 0.429. The highest BCUT2D eigenvalue weighted by atomic mass is 16.5. The molecule has 9 nitrogen and oxygen atoms in total. The number of amides is 2. The van der Waals surface area contributed by atoms with Crippen molar-refractivity contribution in [1.82, 2.24) is 15.2 Å². The van der Waals surface area contributed by atoms with Crippen molar-refractivity contribution in [1.29, 1.82) is 0 Å². The number of hydrogen-bond acceptors (Lipinski definition) is 6. The zero-order valence-electron chi connectivity index (χ0n) is 12.7. The van der Waals surface area contributed by atoms with E-state index in [0.29, 0.717) is 49.7 Å². The first-order valence-electron chi connectivity index (χ1n) is 7.05. The molecule has 23 heavy (non-hydrogen) atoms. The summed E-state index contributed by atoms with van der Waals surface area (Å²) in [6.45, 7) is 1.75. The van der Waals surface area contributed by atoms with Gasteiger partial charge in [0.05, 0.1) is 19.3 Å². The third-order valence-corrected chi connectivity index (χ3v) is 3.55. The van der Waals surface area contributed by atoms with E-state index in [1.165, 1.54) is 12.0 Å². The lowest BCUT2D eigenvalue weighted by atomic mass is 10.2. The van der Waals surface area contributed by atoms with Crippen LogP contribution in [0, 0.1) is 0 Å². The van der Waals surface area contributed by atoms with E-state index in [9.17, 15) is 14.4 Å². The summed E-state index contributed by atoms with van der Waals surface area (Å²) in [5.41, 5.74) is 0.909. The average molecular weight is 322 g/mol. The minimum atomic E-state index is -0.963. The molecule has 2 heterocycles. The lowest BCUT2D eigenvalue weighted by molar-refractivity contribution is -0.109. The molecule has 0 aromatic carbocycles. The molecule has 1 aromatic rings. The first-order valence-corrected chi connectivity index (χ1v) is 7.05. The zero-order valence-corrected chi connectivity index (χ0v) is 12.7. The van der Waals surface area contributed by atoms with Gasteiger partial charge in [0.1, 0.15) is 11.4 Å². The van der Waals surface area contributed by atoms with E-state index in [1.54, 1.807) is 12.1 Å². The largest absolute Gasteiger partial charge is 0.465 e. The van der Waals surface area contributed by atoms with E-state index < -0.39 is 12.1 Å². The first-order chi connectivity index (χ1) is 11.1. The van der Waals surface area contributed by atoms with Crippen molar-refractivity contribution >= 4 is 24.3 Å². The maximum Gasteiger partial charge on any atom is 0.407 e. The van der Waals surface area contributed by atoms with Gasteiger partial charge in [-0.25, -0.2) is 14.6 Å². The Morgan fingerprint density at radius 3 is 2.61 bits per heavy atom. The van der Waals surface area contributed by atoms with Crippen LogP contribution < -0.4 is 10.2 Å². The number of pyridine rings is 1. The number of piperazine rings is 1. The fourth-order valence-electron chi connectivity index (χ4n) is 2.35. The summed E-state index contributed by atoms with van der Waals surface area (Å²) in [5.74, 6) is -0.0739. The van der Waals surface area contributed by atoms with Crippen molar-refractivity contribution in [2.45, 2.75) is 6.54 Å². The van der Waals surface area contributed by atoms with Gasteiger partial charge in [-0.15, -0.1) is 0 Å². The van der Waals surface area contributed by atoms with Crippen LogP contribution in [0.5, 0.6) is 0 Å². The fourth-order valence-corrected chi connectivity index (χ4v) is 2.35. The maximum atomic E-state index is 11.9. The number of methoxy groups -OCH3 is 1. The molecule has 9 heteroatoms. The van der Waals surface area contributed by atoms with E-state index in [-0.39, 0.29) is 6.54 Å². The number of ether oxygens (including phenoxy) is 1. The lowest BCUT2D eigenvalue weighted by Gasteiger charge is -2.34. The molecular formula is C14H18N4O5. The number of carboxylic acid groups (broad SMARTS) is 1. The lowest BCUT2D eigenvalue weighted by Crippen LogP contribution is -2.49. The molecule has 0 atom stereocenters. The van der Waals surface area contributed by atoms with Gasteiger partial charge in [-0.2, -0.15) is 0 Å². The average Bonchev–Trinajstić information content (AvgIpc) is 2.59. The van der Waals surface area contributed by atoms with Gasteiger partial charge in [0.25, 0.3) is 0 Å². The van der Waals surface area contributed by atoms with Crippen LogP contribution >= 0.6 is 0 Å². The Morgan fingerprint density at radius 1 is 1.35 bits per heavy atom. The topological polar surface area (TPSA) is 112 Å². The van der Waals surface area contributed by atoms with Gasteiger partial charge in [-0.1, -0.05) is 0 Å². The molecule has 0 unspecified atom stereocenters. The number of anilines is 1. The number of nitrogens with zero attached hydrogens (tertiary/aromatic N) is 3. The SMILES string of the molecule is COC(=O)c1ccc(CNC=O)nc1N1CCN(C(=O)O)CC1. The van der Waals surface area contributed by atoms with Gasteiger partial charge in [-0.3, -0.25) is 4.79 Å². The molecule has 0 radical (unpaired) electrons. The van der Waals surface area contributed by atoms with Crippen molar-refractivity contribution in [3.05, 3.63) is 23.4 Å². The van der Waals surface area contributed by atoms with Gasteiger partial charge in [-0.05, 0) is 12.1 Å². The monoisotopic (exact) mass is 322 g/mol. The second kappa shape index (κ2) is 7.43. The Labute approximate surface area is 132 Å². The van der Waals surface area contributed by atoms with Crippen molar-refractivity contribution in [3.63, 3.8) is 0 Å². The maximum absolute atomic E-state index is 11.9. The van der Waals surface area contributed by atoms with E-state index >= 15 is 0 Å². The van der Waals surface area contributed by atoms with Crippen LogP contribution in [0.3, 0.4) is 0 Å². The van der Waals surface area contributed by atoms with Crippen molar-refractivity contribution in [2.24, 2.45) is 0 Å². The van der Waals surface area contributed by atoms with Gasteiger partial charge in [0.2, 0.25) is 6.41 Å². The minimum absolute atomic E-state index is 0.243. The molecule has 0 saturated carbocycles. The molecule has 0 bridgehead atoms. The Hall–Kier alpha value is -2.84. The van der Waals surface area contributed by atoms with Gasteiger partial charge >= 0.3 is 12.1 Å². The zero-order chi connectivity index (χ0) is 16.8. The number of carbonyl (C=O) groups is 3.